The van der Waals surface area contributed by atoms with E-state index in [0.29, 0.717) is 11.5 Å². The maximum absolute atomic E-state index is 6.41. The van der Waals surface area contributed by atoms with Gasteiger partial charge in [-0.05, 0) is 74.7 Å². The highest BCUT2D eigenvalue weighted by molar-refractivity contribution is 5.33. The Labute approximate surface area is 105 Å². The molecule has 1 nitrogen and oxygen atoms in total. The second-order valence-electron chi connectivity index (χ2n) is 8.04. The molecule has 3 saturated carbocycles. The highest BCUT2D eigenvalue weighted by Gasteiger charge is 2.70. The van der Waals surface area contributed by atoms with E-state index in [-0.39, 0.29) is 5.60 Å². The molecule has 0 spiro atoms. The van der Waals surface area contributed by atoms with E-state index >= 15 is 0 Å². The molecule has 0 N–H and O–H groups in total. The molecular formula is C16H24O. The molecule has 6 unspecified atom stereocenters. The molecule has 3 fully saturated rings. The van der Waals surface area contributed by atoms with E-state index in [4.69, 9.17) is 4.74 Å². The maximum Gasteiger partial charge on any atom is 0.0828 e. The minimum Gasteiger partial charge on any atom is -0.368 e. The molecule has 0 aromatic rings. The van der Waals surface area contributed by atoms with Gasteiger partial charge in [0.05, 0.1) is 11.7 Å². The van der Waals surface area contributed by atoms with Gasteiger partial charge >= 0.3 is 0 Å². The van der Waals surface area contributed by atoms with Gasteiger partial charge in [0.2, 0.25) is 0 Å². The van der Waals surface area contributed by atoms with E-state index < -0.39 is 0 Å². The SMILES string of the molecule is CC(C)(C)OC1C2=CCC3(C)C4CC4C(C2)C13. The van der Waals surface area contributed by atoms with Crippen LogP contribution in [0.1, 0.15) is 47.0 Å². The summed E-state index contributed by atoms with van der Waals surface area (Å²) >= 11 is 0. The summed E-state index contributed by atoms with van der Waals surface area (Å²) in [6, 6.07) is 0. The van der Waals surface area contributed by atoms with E-state index in [2.05, 4.69) is 33.8 Å². The van der Waals surface area contributed by atoms with Crippen LogP contribution in [-0.4, -0.2) is 11.7 Å². The molecule has 0 aromatic heterocycles. The Morgan fingerprint density at radius 2 is 2.06 bits per heavy atom. The Balaban J connectivity index is 1.72. The average Bonchev–Trinajstić information content (AvgIpc) is 2.86. The summed E-state index contributed by atoms with van der Waals surface area (Å²) < 4.78 is 6.41. The van der Waals surface area contributed by atoms with Crippen LogP contribution >= 0.6 is 0 Å². The van der Waals surface area contributed by atoms with E-state index in [0.717, 1.165) is 23.7 Å². The summed E-state index contributed by atoms with van der Waals surface area (Å²) in [5.41, 5.74) is 2.22. The Morgan fingerprint density at radius 1 is 1.29 bits per heavy atom. The minimum atomic E-state index is 0.00365. The van der Waals surface area contributed by atoms with Crippen LogP contribution in [0.2, 0.25) is 0 Å². The smallest absolute Gasteiger partial charge is 0.0828 e. The molecule has 17 heavy (non-hydrogen) atoms. The predicted molar refractivity (Wildman–Crippen MR) is 68.6 cm³/mol. The normalized spacial score (nSPS) is 54.6. The van der Waals surface area contributed by atoms with Crippen molar-refractivity contribution < 1.29 is 4.74 Å². The Morgan fingerprint density at radius 3 is 2.76 bits per heavy atom. The van der Waals surface area contributed by atoms with E-state index in [1.165, 1.54) is 19.3 Å². The van der Waals surface area contributed by atoms with Crippen molar-refractivity contribution in [3.8, 4) is 0 Å². The average molecular weight is 232 g/mol. The molecule has 0 heterocycles. The van der Waals surface area contributed by atoms with Crippen LogP contribution < -0.4 is 0 Å². The summed E-state index contributed by atoms with van der Waals surface area (Å²) in [5, 5.41) is 0. The van der Waals surface area contributed by atoms with Gasteiger partial charge in [-0.2, -0.15) is 0 Å². The van der Waals surface area contributed by atoms with E-state index in [1.807, 2.05) is 0 Å². The number of hydrogen-bond acceptors (Lipinski definition) is 1. The largest absolute Gasteiger partial charge is 0.368 e. The van der Waals surface area contributed by atoms with Crippen LogP contribution in [0.25, 0.3) is 0 Å². The summed E-state index contributed by atoms with van der Waals surface area (Å²) in [4.78, 5) is 0. The number of fused-ring (bicyclic) bond motifs is 4. The third-order valence-corrected chi connectivity index (χ3v) is 5.91. The van der Waals surface area contributed by atoms with Crippen molar-refractivity contribution in [2.45, 2.75) is 58.7 Å². The number of ether oxygens (including phenoxy) is 1. The number of hydrogen-bond donors (Lipinski definition) is 0. The van der Waals surface area contributed by atoms with Crippen LogP contribution in [0, 0.1) is 29.1 Å². The Bertz CT molecular complexity index is 402. The third-order valence-electron chi connectivity index (χ3n) is 5.91. The molecule has 94 valence electrons. The third kappa shape index (κ3) is 1.24. The van der Waals surface area contributed by atoms with Gasteiger partial charge in [0.15, 0.2) is 0 Å². The molecule has 4 rings (SSSR count). The molecule has 4 aliphatic rings. The Kier molecular flexibility index (Phi) is 1.76. The topological polar surface area (TPSA) is 9.23 Å². The van der Waals surface area contributed by atoms with E-state index in [1.54, 1.807) is 5.57 Å². The first-order valence-corrected chi connectivity index (χ1v) is 7.27. The second-order valence-corrected chi connectivity index (χ2v) is 8.04. The lowest BCUT2D eigenvalue weighted by molar-refractivity contribution is -0.0902. The van der Waals surface area contributed by atoms with Gasteiger partial charge in [-0.1, -0.05) is 13.0 Å². The van der Waals surface area contributed by atoms with Crippen molar-refractivity contribution in [1.29, 1.82) is 0 Å². The summed E-state index contributed by atoms with van der Waals surface area (Å²) in [5.74, 6) is 3.89. The van der Waals surface area contributed by atoms with Crippen LogP contribution in [0.3, 0.4) is 0 Å². The van der Waals surface area contributed by atoms with Gasteiger partial charge in [0, 0.05) is 0 Å². The predicted octanol–water partition coefficient (Wildman–Crippen LogP) is 3.79. The fourth-order valence-corrected chi connectivity index (χ4v) is 5.28. The highest BCUT2D eigenvalue weighted by atomic mass is 16.5. The fourth-order valence-electron chi connectivity index (χ4n) is 5.28. The van der Waals surface area contributed by atoms with Crippen LogP contribution in [0.5, 0.6) is 0 Å². The van der Waals surface area contributed by atoms with Crippen LogP contribution in [0.15, 0.2) is 11.6 Å². The van der Waals surface area contributed by atoms with Gasteiger partial charge in [-0.25, -0.2) is 0 Å². The minimum absolute atomic E-state index is 0.00365. The first kappa shape index (κ1) is 10.6. The molecule has 0 radical (unpaired) electrons. The molecule has 2 bridgehead atoms. The van der Waals surface area contributed by atoms with E-state index in [9.17, 15) is 0 Å². The van der Waals surface area contributed by atoms with Gasteiger partial charge in [0.1, 0.15) is 0 Å². The quantitative estimate of drug-likeness (QED) is 0.625. The van der Waals surface area contributed by atoms with Gasteiger partial charge < -0.3 is 4.74 Å². The van der Waals surface area contributed by atoms with Crippen molar-refractivity contribution in [1.82, 2.24) is 0 Å². The zero-order valence-corrected chi connectivity index (χ0v) is 11.5. The first-order valence-electron chi connectivity index (χ1n) is 7.27. The highest BCUT2D eigenvalue weighted by Crippen LogP contribution is 2.75. The molecule has 0 aliphatic heterocycles. The molecule has 6 atom stereocenters. The van der Waals surface area contributed by atoms with Crippen molar-refractivity contribution in [3.63, 3.8) is 0 Å². The standard InChI is InChI=1S/C16H24O/c1-15(2,3)17-14-9-5-6-16(4)12-8-10(12)11(7-9)13(14)16/h5,10-14H,6-8H2,1-4H3. The summed E-state index contributed by atoms with van der Waals surface area (Å²) in [6.07, 6.45) is 7.17. The van der Waals surface area contributed by atoms with Crippen molar-refractivity contribution in [2.24, 2.45) is 29.1 Å². The van der Waals surface area contributed by atoms with Crippen molar-refractivity contribution in [3.05, 3.63) is 11.6 Å². The van der Waals surface area contributed by atoms with Crippen molar-refractivity contribution in [2.75, 3.05) is 0 Å². The number of allylic oxidation sites excluding steroid dienone is 1. The first-order chi connectivity index (χ1) is 7.90. The summed E-state index contributed by atoms with van der Waals surface area (Å²) in [7, 11) is 0. The summed E-state index contributed by atoms with van der Waals surface area (Å²) in [6.45, 7) is 9.14. The zero-order chi connectivity index (χ0) is 12.0. The zero-order valence-electron chi connectivity index (χ0n) is 11.5. The lowest BCUT2D eigenvalue weighted by Crippen LogP contribution is -2.41. The molecule has 0 aromatic carbocycles. The molecular weight excluding hydrogens is 208 g/mol. The monoisotopic (exact) mass is 232 g/mol. The van der Waals surface area contributed by atoms with Crippen LogP contribution in [0.4, 0.5) is 0 Å². The molecule has 0 amide bonds. The fraction of sp³-hybridized carbons (Fsp3) is 0.875. The molecule has 4 aliphatic carbocycles. The van der Waals surface area contributed by atoms with Gasteiger partial charge in [-0.15, -0.1) is 0 Å². The lowest BCUT2D eigenvalue weighted by atomic mass is 9.68. The second kappa shape index (κ2) is 2.82. The Hall–Kier alpha value is -0.300. The van der Waals surface area contributed by atoms with Crippen LogP contribution in [-0.2, 0) is 4.74 Å². The maximum atomic E-state index is 6.41. The lowest BCUT2D eigenvalue weighted by Gasteiger charge is -2.42. The molecule has 1 heteroatoms. The number of rotatable bonds is 1. The molecule has 0 saturated heterocycles. The van der Waals surface area contributed by atoms with Crippen molar-refractivity contribution >= 4 is 0 Å². The van der Waals surface area contributed by atoms with Gasteiger partial charge in [-0.3, -0.25) is 0 Å². The van der Waals surface area contributed by atoms with Gasteiger partial charge in [0.25, 0.3) is 0 Å².